The summed E-state index contributed by atoms with van der Waals surface area (Å²) < 4.78 is 1.71. The van der Waals surface area contributed by atoms with E-state index in [1.807, 2.05) is 39.8 Å². The van der Waals surface area contributed by atoms with E-state index < -0.39 is 0 Å². The van der Waals surface area contributed by atoms with Gasteiger partial charge in [0, 0.05) is 35.0 Å². The highest BCUT2D eigenvalue weighted by molar-refractivity contribution is 5.99. The quantitative estimate of drug-likeness (QED) is 0.192. The Morgan fingerprint density at radius 2 is 1.88 bits per heavy atom. The third kappa shape index (κ3) is 5.31. The molecule has 0 aromatic carbocycles. The first-order valence-electron chi connectivity index (χ1n) is 11.2. The van der Waals surface area contributed by atoms with E-state index in [1.165, 1.54) is 25.6 Å². The van der Waals surface area contributed by atoms with Crippen molar-refractivity contribution in [2.75, 3.05) is 5.32 Å². The Morgan fingerprint density at radius 3 is 2.48 bits per heavy atom. The van der Waals surface area contributed by atoms with Crippen LogP contribution in [0.2, 0.25) is 0 Å². The smallest absolute Gasteiger partial charge is 0.212 e. The molecule has 0 aliphatic heterocycles. The Bertz CT molecular complexity index is 1280. The van der Waals surface area contributed by atoms with Crippen LogP contribution in [0.15, 0.2) is 42.1 Å². The first-order valence-corrected chi connectivity index (χ1v) is 11.2. The molecule has 4 aromatic heterocycles. The maximum atomic E-state index is 10.7. The van der Waals surface area contributed by atoms with Gasteiger partial charge in [0.05, 0.1) is 11.2 Å². The number of amides is 1. The van der Waals surface area contributed by atoms with E-state index in [0.717, 1.165) is 27.6 Å². The van der Waals surface area contributed by atoms with Crippen LogP contribution in [-0.4, -0.2) is 41.9 Å². The van der Waals surface area contributed by atoms with Gasteiger partial charge in [-0.2, -0.15) is 5.10 Å². The molecule has 9 nitrogen and oxygen atoms in total. The summed E-state index contributed by atoms with van der Waals surface area (Å²) >= 11 is 0. The normalized spacial score (nSPS) is 12.4. The Balaban J connectivity index is 0.000000554. The summed E-state index contributed by atoms with van der Waals surface area (Å²) in [4.78, 5) is 23.8. The number of fused-ring (bicyclic) bond motifs is 3. The zero-order valence-electron chi connectivity index (χ0n) is 19.4. The highest BCUT2D eigenvalue weighted by atomic mass is 16.4. The van der Waals surface area contributed by atoms with Crippen LogP contribution in [0.5, 0.6) is 0 Å². The predicted octanol–water partition coefficient (Wildman–Crippen LogP) is 5.00. The van der Waals surface area contributed by atoms with Crippen molar-refractivity contribution in [3.8, 4) is 11.1 Å². The highest BCUT2D eigenvalue weighted by Gasteiger charge is 2.15. The maximum Gasteiger partial charge on any atom is 0.212 e. The zero-order chi connectivity index (χ0) is 23.8. The van der Waals surface area contributed by atoms with Crippen molar-refractivity contribution >= 4 is 34.5 Å². The monoisotopic (exact) mass is 447 g/mol. The summed E-state index contributed by atoms with van der Waals surface area (Å²) in [5, 5.41) is 20.2. The molecule has 5 rings (SSSR count). The topological polar surface area (TPSA) is 118 Å². The minimum Gasteiger partial charge on any atom is -0.411 e. The second-order valence-electron chi connectivity index (χ2n) is 7.29. The van der Waals surface area contributed by atoms with Gasteiger partial charge in [-0.25, -0.2) is 14.5 Å². The van der Waals surface area contributed by atoms with Crippen LogP contribution < -0.4 is 5.32 Å². The van der Waals surface area contributed by atoms with Gasteiger partial charge >= 0.3 is 0 Å². The van der Waals surface area contributed by atoms with Gasteiger partial charge in [-0.3, -0.25) is 9.78 Å². The molecule has 1 aliphatic rings. The molecular weight excluding hydrogens is 418 g/mol. The van der Waals surface area contributed by atoms with Crippen LogP contribution in [0.3, 0.4) is 0 Å². The van der Waals surface area contributed by atoms with Gasteiger partial charge in [-0.05, 0) is 31.0 Å². The SMILES string of the molecule is C1CC1.CC.CC/C(=N/O)c1cc(C)c(-c2cc3cnc(NC=O)cc3n3ncnc23)cn1. The molecule has 2 N–H and O–H groups in total. The van der Waals surface area contributed by atoms with Gasteiger partial charge in [0.1, 0.15) is 17.9 Å². The minimum atomic E-state index is 0.435. The zero-order valence-corrected chi connectivity index (χ0v) is 19.4. The molecule has 4 aromatic rings. The van der Waals surface area contributed by atoms with Gasteiger partial charge in [0.25, 0.3) is 0 Å². The fraction of sp³-hybridized carbons (Fsp3) is 0.333. The summed E-state index contributed by atoms with van der Waals surface area (Å²) in [5.74, 6) is 0.435. The van der Waals surface area contributed by atoms with Crippen molar-refractivity contribution in [3.05, 3.63) is 48.2 Å². The standard InChI is InChI=1S/C19H17N7O2.C3H6.C2H6/c1-3-15(25-28)16-4-11(2)14(8-20-16)13-5-12-7-21-18(23-10-27)6-17(12)26-19(13)22-9-24-26;1-2-3-1;1-2/h4-10,28H,3H2,1-2H3,(H,21,23,27);1-3H2;1-2H3/b25-15-;;. The second kappa shape index (κ2) is 11.1. The first-order chi connectivity index (χ1) is 16.2. The third-order valence-corrected chi connectivity index (χ3v) is 4.94. The summed E-state index contributed by atoms with van der Waals surface area (Å²) in [6.07, 6.45) is 10.6. The van der Waals surface area contributed by atoms with Crippen LogP contribution in [-0.2, 0) is 4.79 Å². The molecular formula is C24H29N7O2. The van der Waals surface area contributed by atoms with Crippen molar-refractivity contribution in [2.24, 2.45) is 5.16 Å². The van der Waals surface area contributed by atoms with E-state index in [9.17, 15) is 4.79 Å². The van der Waals surface area contributed by atoms with Gasteiger partial charge in [-0.1, -0.05) is 45.2 Å². The highest BCUT2D eigenvalue weighted by Crippen LogP contribution is 2.31. The number of nitrogens with zero attached hydrogens (tertiary/aromatic N) is 6. The summed E-state index contributed by atoms with van der Waals surface area (Å²) in [5.41, 5.74) is 5.33. The third-order valence-electron chi connectivity index (χ3n) is 4.94. The second-order valence-corrected chi connectivity index (χ2v) is 7.29. The lowest BCUT2D eigenvalue weighted by Gasteiger charge is -2.11. The van der Waals surface area contributed by atoms with Gasteiger partial charge in [0.15, 0.2) is 5.65 Å². The molecule has 0 spiro atoms. The van der Waals surface area contributed by atoms with Gasteiger partial charge < -0.3 is 10.5 Å². The lowest BCUT2D eigenvalue weighted by atomic mass is 10.0. The predicted molar refractivity (Wildman–Crippen MR) is 130 cm³/mol. The van der Waals surface area contributed by atoms with E-state index >= 15 is 0 Å². The summed E-state index contributed by atoms with van der Waals surface area (Å²) in [6, 6.07) is 5.61. The Hall–Kier alpha value is -3.88. The van der Waals surface area contributed by atoms with E-state index in [1.54, 1.807) is 23.0 Å². The molecule has 9 heteroatoms. The van der Waals surface area contributed by atoms with E-state index in [0.29, 0.717) is 35.7 Å². The maximum absolute atomic E-state index is 10.7. The number of carbonyl (C=O) groups is 1. The molecule has 0 bridgehead atoms. The van der Waals surface area contributed by atoms with Crippen molar-refractivity contribution in [3.63, 3.8) is 0 Å². The molecule has 1 amide bonds. The molecule has 0 radical (unpaired) electrons. The van der Waals surface area contributed by atoms with E-state index in [4.69, 9.17) is 5.21 Å². The molecule has 4 heterocycles. The Kier molecular flexibility index (Phi) is 8.01. The first kappa shape index (κ1) is 23.8. The molecule has 0 atom stereocenters. The number of rotatable bonds is 5. The number of aromatic nitrogens is 5. The molecule has 0 unspecified atom stereocenters. The average molecular weight is 448 g/mol. The van der Waals surface area contributed by atoms with E-state index in [2.05, 4.69) is 30.5 Å². The van der Waals surface area contributed by atoms with Gasteiger partial charge in [0.2, 0.25) is 6.41 Å². The van der Waals surface area contributed by atoms with Crippen LogP contribution in [0.25, 0.3) is 27.7 Å². The van der Waals surface area contributed by atoms with Crippen LogP contribution in [0.1, 0.15) is 57.7 Å². The lowest BCUT2D eigenvalue weighted by molar-refractivity contribution is -0.105. The number of oxime groups is 1. The Morgan fingerprint density at radius 1 is 1.12 bits per heavy atom. The average Bonchev–Trinajstić information content (AvgIpc) is 3.65. The molecule has 1 saturated carbocycles. The molecule has 0 saturated heterocycles. The number of hydrogen-bond acceptors (Lipinski definition) is 7. The number of carbonyl (C=O) groups excluding carboxylic acids is 1. The van der Waals surface area contributed by atoms with Crippen LogP contribution in [0.4, 0.5) is 5.82 Å². The largest absolute Gasteiger partial charge is 0.411 e. The van der Waals surface area contributed by atoms with Gasteiger partial charge in [-0.15, -0.1) is 0 Å². The van der Waals surface area contributed by atoms with Crippen molar-refractivity contribution in [1.29, 1.82) is 0 Å². The van der Waals surface area contributed by atoms with Crippen molar-refractivity contribution < 1.29 is 10.0 Å². The number of pyridine rings is 3. The van der Waals surface area contributed by atoms with Crippen molar-refractivity contribution in [1.82, 2.24) is 24.6 Å². The molecule has 33 heavy (non-hydrogen) atoms. The fourth-order valence-electron chi connectivity index (χ4n) is 3.21. The molecule has 172 valence electrons. The number of anilines is 1. The molecule has 1 fully saturated rings. The number of aryl methyl sites for hydroxylation is 1. The fourth-order valence-corrected chi connectivity index (χ4v) is 3.21. The lowest BCUT2D eigenvalue weighted by Crippen LogP contribution is -2.04. The summed E-state index contributed by atoms with van der Waals surface area (Å²) in [6.45, 7) is 7.88. The number of nitrogens with one attached hydrogen (secondary N) is 1. The van der Waals surface area contributed by atoms with Crippen molar-refractivity contribution in [2.45, 2.75) is 53.4 Å². The van der Waals surface area contributed by atoms with E-state index in [-0.39, 0.29) is 0 Å². The molecule has 1 aliphatic carbocycles. The van der Waals surface area contributed by atoms with Crippen LogP contribution in [0, 0.1) is 6.92 Å². The summed E-state index contributed by atoms with van der Waals surface area (Å²) in [7, 11) is 0. The Labute approximate surface area is 192 Å². The van der Waals surface area contributed by atoms with Crippen LogP contribution >= 0.6 is 0 Å². The minimum absolute atomic E-state index is 0.435. The number of hydrogen-bond donors (Lipinski definition) is 2.